The number of hydroxylamine groups is 1. The van der Waals surface area contributed by atoms with Gasteiger partial charge in [-0.25, -0.2) is 18.3 Å². The molecule has 0 saturated heterocycles. The van der Waals surface area contributed by atoms with E-state index in [0.29, 0.717) is 23.4 Å². The number of aldehydes is 1. The predicted octanol–water partition coefficient (Wildman–Crippen LogP) is 6.72. The summed E-state index contributed by atoms with van der Waals surface area (Å²) in [5.41, 5.74) is 7.61. The lowest BCUT2D eigenvalue weighted by Gasteiger charge is -2.24. The molecule has 2 heterocycles. The number of fused-ring (bicyclic) bond motifs is 1. The summed E-state index contributed by atoms with van der Waals surface area (Å²) in [5.74, 6) is 0.714. The first-order chi connectivity index (χ1) is 20.0. The van der Waals surface area contributed by atoms with E-state index in [0.717, 1.165) is 38.8 Å². The fourth-order valence-electron chi connectivity index (χ4n) is 4.17. The van der Waals surface area contributed by atoms with Gasteiger partial charge in [0.15, 0.2) is 9.84 Å². The number of nitrogens with one attached hydrogen (secondary N) is 1. The molecule has 1 atom stereocenters. The molecule has 1 aliphatic heterocycles. The van der Waals surface area contributed by atoms with Gasteiger partial charge < -0.3 is 4.84 Å². The molecule has 228 valence electrons. The third kappa shape index (κ3) is 8.49. The number of pyridine rings is 1. The van der Waals surface area contributed by atoms with Crippen LogP contribution < -0.4 is 5.48 Å². The summed E-state index contributed by atoms with van der Waals surface area (Å²) in [6.45, 7) is 5.34. The van der Waals surface area contributed by atoms with Crippen LogP contribution in [0.25, 0.3) is 22.0 Å². The number of aromatic nitrogens is 1. The number of aliphatic imine (C=N–C) groups is 1. The molecule has 3 aromatic carbocycles. The Labute approximate surface area is 257 Å². The molecule has 1 aromatic heterocycles. The standard InChI is InChI=1S/C20H19NO3S.C11H14N2O3S.CH4/c1-20(2,25(3,23)24)17-11-16-8-5-9-21-19(16)18(12-17)15-7-4-6-14(10-15)13-22;1-8-12-11(15-13-8)7-9-3-5-10(6-4-9)17-16-14-2;/h4-13H,1-3H3;3-6,8,13H,7H2,1-2H3;1H4. The molecule has 0 radical (unpaired) electrons. The van der Waals surface area contributed by atoms with E-state index < -0.39 is 14.6 Å². The van der Waals surface area contributed by atoms with Gasteiger partial charge in [0.1, 0.15) is 12.5 Å². The maximum absolute atomic E-state index is 12.3. The van der Waals surface area contributed by atoms with Gasteiger partial charge in [-0.3, -0.25) is 9.78 Å². The zero-order valence-corrected chi connectivity index (χ0v) is 25.7. The molecular weight excluding hydrogens is 587 g/mol. The molecule has 1 N–H and O–H groups in total. The van der Waals surface area contributed by atoms with Crippen LogP contribution in [-0.2, 0) is 35.1 Å². The topological polar surface area (TPSA) is 116 Å². The molecule has 4 aromatic rings. The Hall–Kier alpha value is -3.61. The number of sulfone groups is 1. The number of nitrogens with zero attached hydrogens (tertiary/aromatic N) is 2. The van der Waals surface area contributed by atoms with Crippen LogP contribution in [0.3, 0.4) is 0 Å². The summed E-state index contributed by atoms with van der Waals surface area (Å²) in [6, 6.07) is 22.6. The van der Waals surface area contributed by atoms with Crippen LogP contribution in [0.4, 0.5) is 0 Å². The molecule has 5 rings (SSSR count). The molecule has 0 amide bonds. The minimum absolute atomic E-state index is 0. The zero-order valence-electron chi connectivity index (χ0n) is 24.0. The van der Waals surface area contributed by atoms with Crippen molar-refractivity contribution in [2.24, 2.45) is 4.99 Å². The van der Waals surface area contributed by atoms with E-state index in [-0.39, 0.29) is 13.6 Å². The minimum Gasteiger partial charge on any atom is -0.391 e. The molecule has 9 nitrogen and oxygen atoms in total. The molecule has 1 aliphatic rings. The summed E-state index contributed by atoms with van der Waals surface area (Å²) < 4.78 is 28.3. The monoisotopic (exact) mass is 623 g/mol. The first-order valence-corrected chi connectivity index (χ1v) is 15.7. The number of carbonyl (C=O) groups is 1. The van der Waals surface area contributed by atoms with E-state index in [1.165, 1.54) is 25.4 Å². The third-order valence-corrected chi connectivity index (χ3v) is 9.58. The summed E-state index contributed by atoms with van der Waals surface area (Å²) in [7, 11) is -1.84. The molecule has 0 fully saturated rings. The average molecular weight is 624 g/mol. The van der Waals surface area contributed by atoms with E-state index >= 15 is 0 Å². The maximum Gasteiger partial charge on any atom is 0.215 e. The zero-order chi connectivity index (χ0) is 30.3. The Balaban J connectivity index is 0.000000247. The maximum atomic E-state index is 12.3. The van der Waals surface area contributed by atoms with Crippen LogP contribution in [0.15, 0.2) is 88.9 Å². The van der Waals surface area contributed by atoms with Crippen molar-refractivity contribution in [1.29, 1.82) is 0 Å². The van der Waals surface area contributed by atoms with E-state index in [1.807, 2.05) is 67.6 Å². The first-order valence-electron chi connectivity index (χ1n) is 13.1. The summed E-state index contributed by atoms with van der Waals surface area (Å²) in [4.78, 5) is 30.6. The first kappa shape index (κ1) is 33.9. The van der Waals surface area contributed by atoms with Crippen LogP contribution in [0.1, 0.15) is 49.7 Å². The second-order valence-electron chi connectivity index (χ2n) is 10.2. The van der Waals surface area contributed by atoms with Gasteiger partial charge in [0.05, 0.1) is 35.8 Å². The summed E-state index contributed by atoms with van der Waals surface area (Å²) in [5, 5.41) is 0.864. The Morgan fingerprint density at radius 2 is 1.81 bits per heavy atom. The van der Waals surface area contributed by atoms with E-state index in [9.17, 15) is 13.2 Å². The van der Waals surface area contributed by atoms with Crippen LogP contribution in [0.5, 0.6) is 0 Å². The number of rotatable bonds is 9. The van der Waals surface area contributed by atoms with E-state index in [1.54, 1.807) is 32.2 Å². The van der Waals surface area contributed by atoms with Crippen molar-refractivity contribution in [1.82, 2.24) is 10.5 Å². The number of hydrogen-bond donors (Lipinski definition) is 1. The average Bonchev–Trinajstić information content (AvgIpc) is 3.40. The molecular formula is C32H37N3O6S2. The van der Waals surface area contributed by atoms with Gasteiger partial charge in [0, 0.05) is 33.9 Å². The van der Waals surface area contributed by atoms with Gasteiger partial charge in [-0.2, -0.15) is 4.33 Å². The van der Waals surface area contributed by atoms with E-state index in [2.05, 4.69) is 20.3 Å². The Bertz CT molecular complexity index is 1690. The minimum atomic E-state index is -3.31. The van der Waals surface area contributed by atoms with Crippen molar-refractivity contribution in [3.05, 3.63) is 95.7 Å². The van der Waals surface area contributed by atoms with Gasteiger partial charge >= 0.3 is 0 Å². The number of carbonyl (C=O) groups excluding carboxylic acids is 1. The fraction of sp³-hybridized carbons (Fsp3) is 0.281. The molecule has 0 aliphatic carbocycles. The number of benzene rings is 3. The Morgan fingerprint density at radius 3 is 2.44 bits per heavy atom. The normalized spacial score (nSPS) is 14.6. The molecule has 0 spiro atoms. The van der Waals surface area contributed by atoms with Crippen molar-refractivity contribution in [3.63, 3.8) is 0 Å². The molecule has 43 heavy (non-hydrogen) atoms. The second-order valence-corrected chi connectivity index (χ2v) is 13.5. The highest BCUT2D eigenvalue weighted by Gasteiger charge is 2.33. The highest BCUT2D eigenvalue weighted by Crippen LogP contribution is 2.36. The number of hydrogen-bond acceptors (Lipinski definition) is 10. The second kappa shape index (κ2) is 14.7. The quantitative estimate of drug-likeness (QED) is 0.0938. The van der Waals surface area contributed by atoms with Crippen molar-refractivity contribution in [3.8, 4) is 11.1 Å². The van der Waals surface area contributed by atoms with Crippen molar-refractivity contribution in [2.45, 2.75) is 50.4 Å². The molecule has 0 bridgehead atoms. The van der Waals surface area contributed by atoms with Crippen LogP contribution in [-0.4, -0.2) is 45.1 Å². The smallest absolute Gasteiger partial charge is 0.215 e. The van der Waals surface area contributed by atoms with Gasteiger partial charge in [0.2, 0.25) is 5.90 Å². The van der Waals surface area contributed by atoms with Gasteiger partial charge in [-0.1, -0.05) is 43.8 Å². The highest BCUT2D eigenvalue weighted by atomic mass is 32.2. The lowest BCUT2D eigenvalue weighted by Crippen LogP contribution is -2.28. The van der Waals surface area contributed by atoms with E-state index in [4.69, 9.17) is 9.17 Å². The summed E-state index contributed by atoms with van der Waals surface area (Å²) >= 11 is 1.18. The highest BCUT2D eigenvalue weighted by molar-refractivity contribution is 7.94. The van der Waals surface area contributed by atoms with Crippen molar-refractivity contribution in [2.75, 3.05) is 13.4 Å². The Morgan fingerprint density at radius 1 is 1.07 bits per heavy atom. The molecule has 0 saturated carbocycles. The lowest BCUT2D eigenvalue weighted by molar-refractivity contribution is -0.160. The lowest BCUT2D eigenvalue weighted by atomic mass is 9.93. The van der Waals surface area contributed by atoms with Gasteiger partial charge in [-0.05, 0) is 73.9 Å². The largest absolute Gasteiger partial charge is 0.391 e. The predicted molar refractivity (Wildman–Crippen MR) is 172 cm³/mol. The van der Waals surface area contributed by atoms with Crippen LogP contribution >= 0.6 is 12.0 Å². The SMILES string of the molecule is C.CC(C)(c1cc(-c2cccc(C=O)c2)c2ncccc2c1)S(C)(=O)=O.COOSc1ccc(CC2=NC(C)NO2)cc1. The van der Waals surface area contributed by atoms with Crippen LogP contribution in [0.2, 0.25) is 0 Å². The van der Waals surface area contributed by atoms with Crippen molar-refractivity contribution >= 4 is 45.0 Å². The summed E-state index contributed by atoms with van der Waals surface area (Å²) in [6.07, 6.45) is 4.47. The molecule has 1 unspecified atom stereocenters. The van der Waals surface area contributed by atoms with Crippen molar-refractivity contribution < 1.29 is 27.3 Å². The Kier molecular flexibility index (Phi) is 11.6. The van der Waals surface area contributed by atoms with Gasteiger partial charge in [0.25, 0.3) is 0 Å². The third-order valence-electron chi connectivity index (χ3n) is 6.82. The fourth-order valence-corrected chi connectivity index (χ4v) is 5.11. The van der Waals surface area contributed by atoms with Gasteiger partial charge in [-0.15, -0.1) is 5.48 Å². The van der Waals surface area contributed by atoms with Crippen LogP contribution in [0, 0.1) is 0 Å². The molecule has 11 heteroatoms.